The number of halogens is 1. The summed E-state index contributed by atoms with van der Waals surface area (Å²) in [6, 6.07) is 4.08. The number of nitrogens with zero attached hydrogens (tertiary/aromatic N) is 1. The molecule has 2 amide bonds. The predicted molar refractivity (Wildman–Crippen MR) is 91.3 cm³/mol. The van der Waals surface area contributed by atoms with E-state index in [1.807, 2.05) is 0 Å². The highest BCUT2D eigenvalue weighted by Crippen LogP contribution is 2.38. The van der Waals surface area contributed by atoms with E-state index < -0.39 is 36.1 Å². The van der Waals surface area contributed by atoms with Crippen molar-refractivity contribution in [3.05, 3.63) is 40.6 Å². The van der Waals surface area contributed by atoms with E-state index >= 15 is 0 Å². The lowest BCUT2D eigenvalue weighted by atomic mass is 10.1. The molecular weight excluding hydrogens is 355 g/mol. The number of carbonyl (C=O) groups excluding carboxylic acids is 2. The molecule has 1 aromatic carbocycles. The van der Waals surface area contributed by atoms with Gasteiger partial charge in [-0.3, -0.25) is 14.5 Å². The lowest BCUT2D eigenvalue weighted by molar-refractivity contribution is -0.146. The molecule has 2 rings (SSSR count). The van der Waals surface area contributed by atoms with E-state index in [1.165, 1.54) is 24.3 Å². The van der Waals surface area contributed by atoms with Gasteiger partial charge in [-0.15, -0.1) is 0 Å². The monoisotopic (exact) mass is 368 g/mol. The van der Waals surface area contributed by atoms with Gasteiger partial charge in [0.2, 0.25) is 5.91 Å². The Labute approximate surface area is 146 Å². The van der Waals surface area contributed by atoms with Crippen molar-refractivity contribution < 1.29 is 23.9 Å². The molecule has 0 radical (unpaired) electrons. The van der Waals surface area contributed by atoms with Crippen LogP contribution in [0.1, 0.15) is 18.9 Å². The van der Waals surface area contributed by atoms with Gasteiger partial charge >= 0.3 is 5.97 Å². The molecule has 1 saturated heterocycles. The molecule has 0 saturated carbocycles. The third-order valence-corrected chi connectivity index (χ3v) is 4.91. The third-order valence-electron chi connectivity index (χ3n) is 3.41. The summed E-state index contributed by atoms with van der Waals surface area (Å²) in [6.07, 6.45) is -0.537. The Morgan fingerprint density at radius 3 is 2.46 bits per heavy atom. The second-order valence-corrected chi connectivity index (χ2v) is 6.67. The number of aliphatic carboxylic acids is 1. The molecular formula is C15H13FN2O4S2. The van der Waals surface area contributed by atoms with Gasteiger partial charge in [0.1, 0.15) is 16.2 Å². The Bertz CT molecular complexity index is 761. The number of hydrogen-bond donors (Lipinski definition) is 2. The molecule has 1 fully saturated rings. The Kier molecular flexibility index (Phi) is 5.35. The molecule has 6 nitrogen and oxygen atoms in total. The van der Waals surface area contributed by atoms with E-state index in [4.69, 9.17) is 18.0 Å². The third kappa shape index (κ3) is 3.62. The maximum Gasteiger partial charge on any atom is 0.327 e. The van der Waals surface area contributed by atoms with Crippen LogP contribution in [0.2, 0.25) is 0 Å². The van der Waals surface area contributed by atoms with Crippen LogP contribution in [0.5, 0.6) is 0 Å². The quantitative estimate of drug-likeness (QED) is 0.607. The first kappa shape index (κ1) is 18.1. The predicted octanol–water partition coefficient (Wildman–Crippen LogP) is 1.75. The Morgan fingerprint density at radius 2 is 1.96 bits per heavy atom. The molecule has 126 valence electrons. The van der Waals surface area contributed by atoms with Crippen molar-refractivity contribution in [3.8, 4) is 0 Å². The number of allylic oxidation sites excluding steroid dienone is 1. The number of hydrogen-bond acceptors (Lipinski definition) is 5. The van der Waals surface area contributed by atoms with E-state index in [1.54, 1.807) is 6.92 Å². The fourth-order valence-electron chi connectivity index (χ4n) is 2.19. The number of carbonyl (C=O) groups is 3. The number of rotatable bonds is 5. The van der Waals surface area contributed by atoms with Crippen molar-refractivity contribution in [1.82, 2.24) is 4.90 Å². The first-order valence-electron chi connectivity index (χ1n) is 6.75. The topological polar surface area (TPSA) is 101 Å². The summed E-state index contributed by atoms with van der Waals surface area (Å²) in [5.74, 6) is -3.24. The Balaban J connectivity index is 2.40. The minimum atomic E-state index is -1.45. The molecule has 9 heteroatoms. The average Bonchev–Trinajstić information content (AvgIpc) is 2.79. The number of carboxylic acid groups (broad SMARTS) is 1. The van der Waals surface area contributed by atoms with Gasteiger partial charge < -0.3 is 10.8 Å². The van der Waals surface area contributed by atoms with Crippen molar-refractivity contribution in [2.24, 2.45) is 5.73 Å². The van der Waals surface area contributed by atoms with Gasteiger partial charge in [-0.05, 0) is 30.2 Å². The fourth-order valence-corrected chi connectivity index (χ4v) is 3.59. The summed E-state index contributed by atoms with van der Waals surface area (Å²) in [4.78, 5) is 36.2. The summed E-state index contributed by atoms with van der Waals surface area (Å²) in [5, 5.41) is 9.26. The van der Waals surface area contributed by atoms with Gasteiger partial charge in [-0.25, -0.2) is 9.18 Å². The van der Waals surface area contributed by atoms with E-state index in [-0.39, 0.29) is 9.23 Å². The van der Waals surface area contributed by atoms with Crippen molar-refractivity contribution in [3.63, 3.8) is 0 Å². The van der Waals surface area contributed by atoms with Gasteiger partial charge in [0.05, 0.1) is 11.3 Å². The number of carboxylic acids is 1. The first-order chi connectivity index (χ1) is 11.2. The fraction of sp³-hybridized carbons (Fsp3) is 0.200. The molecule has 1 atom stereocenters. The van der Waals surface area contributed by atoms with Crippen LogP contribution in [0, 0.1) is 5.82 Å². The van der Waals surface area contributed by atoms with Crippen LogP contribution in [0.15, 0.2) is 29.2 Å². The highest BCUT2D eigenvalue weighted by Gasteiger charge is 2.42. The zero-order valence-corrected chi connectivity index (χ0v) is 14.1. The Morgan fingerprint density at radius 1 is 1.38 bits per heavy atom. The standard InChI is InChI=1S/C15H13FN2O4S2/c1-7(8-2-4-9(16)5-3-8)12-13(20)18(15(23)24-12)10(14(21)22)6-11(17)19/h2-5,10H,6H2,1H3,(H2,17,19)(H,21,22)/b12-7-. The smallest absolute Gasteiger partial charge is 0.327 e. The van der Waals surface area contributed by atoms with Crippen molar-refractivity contribution >= 4 is 51.7 Å². The molecule has 1 unspecified atom stereocenters. The van der Waals surface area contributed by atoms with Crippen LogP contribution < -0.4 is 5.73 Å². The highest BCUT2D eigenvalue weighted by molar-refractivity contribution is 8.26. The summed E-state index contributed by atoms with van der Waals surface area (Å²) < 4.78 is 13.1. The summed E-state index contributed by atoms with van der Waals surface area (Å²) in [7, 11) is 0. The molecule has 0 aromatic heterocycles. The zero-order chi connectivity index (χ0) is 18.0. The summed E-state index contributed by atoms with van der Waals surface area (Å²) in [5.41, 5.74) is 6.20. The van der Waals surface area contributed by atoms with E-state index in [0.717, 1.165) is 16.7 Å². The minimum Gasteiger partial charge on any atom is -0.480 e. The molecule has 0 aliphatic carbocycles. The van der Waals surface area contributed by atoms with Gasteiger partial charge in [-0.1, -0.05) is 36.1 Å². The van der Waals surface area contributed by atoms with Crippen LogP contribution >= 0.6 is 24.0 Å². The molecule has 1 aromatic rings. The molecule has 3 N–H and O–H groups in total. The van der Waals surface area contributed by atoms with Crippen LogP contribution in [0.3, 0.4) is 0 Å². The largest absolute Gasteiger partial charge is 0.480 e. The van der Waals surface area contributed by atoms with E-state index in [2.05, 4.69) is 0 Å². The summed E-state index contributed by atoms with van der Waals surface area (Å²) in [6.45, 7) is 1.66. The SMILES string of the molecule is C/C(=C1/SC(=S)N(C(CC(N)=O)C(=O)O)C1=O)c1ccc(F)cc1. The molecule has 0 spiro atoms. The van der Waals surface area contributed by atoms with Crippen LogP contribution in [0.4, 0.5) is 4.39 Å². The maximum absolute atomic E-state index is 13.0. The van der Waals surface area contributed by atoms with Gasteiger partial charge in [0.15, 0.2) is 0 Å². The van der Waals surface area contributed by atoms with E-state index in [9.17, 15) is 23.9 Å². The number of thioether (sulfide) groups is 1. The minimum absolute atomic E-state index is 0.0325. The molecule has 24 heavy (non-hydrogen) atoms. The van der Waals surface area contributed by atoms with Gasteiger partial charge in [0, 0.05) is 0 Å². The highest BCUT2D eigenvalue weighted by atomic mass is 32.2. The van der Waals surface area contributed by atoms with Gasteiger partial charge in [-0.2, -0.15) is 0 Å². The maximum atomic E-state index is 13.0. The first-order valence-corrected chi connectivity index (χ1v) is 7.98. The molecule has 1 heterocycles. The zero-order valence-electron chi connectivity index (χ0n) is 12.5. The Hall–Kier alpha value is -2.26. The van der Waals surface area contributed by atoms with Crippen LogP contribution in [-0.2, 0) is 14.4 Å². The lowest BCUT2D eigenvalue weighted by Crippen LogP contribution is -2.46. The average molecular weight is 368 g/mol. The lowest BCUT2D eigenvalue weighted by Gasteiger charge is -2.21. The van der Waals surface area contributed by atoms with Crippen molar-refractivity contribution in [2.45, 2.75) is 19.4 Å². The number of benzene rings is 1. The normalized spacial score (nSPS) is 17.8. The second-order valence-electron chi connectivity index (χ2n) is 5.03. The number of primary amides is 1. The van der Waals surface area contributed by atoms with Crippen LogP contribution in [0.25, 0.3) is 5.57 Å². The second kappa shape index (κ2) is 7.10. The van der Waals surface area contributed by atoms with Crippen LogP contribution in [-0.4, -0.2) is 38.2 Å². The van der Waals surface area contributed by atoms with Crippen molar-refractivity contribution in [1.29, 1.82) is 0 Å². The van der Waals surface area contributed by atoms with E-state index in [0.29, 0.717) is 11.1 Å². The summed E-state index contributed by atoms with van der Waals surface area (Å²) >= 11 is 6.03. The van der Waals surface area contributed by atoms with Gasteiger partial charge in [0.25, 0.3) is 5.91 Å². The number of amides is 2. The molecule has 1 aliphatic rings. The molecule has 0 bridgehead atoms. The molecule has 1 aliphatic heterocycles. The number of nitrogens with two attached hydrogens (primary N) is 1. The van der Waals surface area contributed by atoms with Crippen molar-refractivity contribution in [2.75, 3.05) is 0 Å². The number of thiocarbonyl (C=S) groups is 1.